The van der Waals surface area contributed by atoms with Gasteiger partial charge in [0.05, 0.1) is 12.0 Å². The first-order chi connectivity index (χ1) is 8.91. The minimum atomic E-state index is -3.78. The van der Waals surface area contributed by atoms with Gasteiger partial charge >= 0.3 is 5.97 Å². The maximum atomic E-state index is 11.3. The normalized spacial score (nSPS) is 11.3. The van der Waals surface area contributed by atoms with Gasteiger partial charge in [0.2, 0.25) is 15.8 Å². The lowest BCUT2D eigenvalue weighted by atomic mass is 10.2. The summed E-state index contributed by atoms with van der Waals surface area (Å²) in [5, 5.41) is 5.05. The van der Waals surface area contributed by atoms with Crippen LogP contribution in [0.15, 0.2) is 45.7 Å². The molecule has 2 aromatic rings. The highest BCUT2D eigenvalue weighted by atomic mass is 32.2. The summed E-state index contributed by atoms with van der Waals surface area (Å²) in [6.07, 6.45) is 0. The van der Waals surface area contributed by atoms with Crippen LogP contribution in [0.5, 0.6) is 0 Å². The van der Waals surface area contributed by atoms with Crippen molar-refractivity contribution < 1.29 is 22.4 Å². The Morgan fingerprint density at radius 2 is 2.00 bits per heavy atom. The molecule has 0 bridgehead atoms. The molecule has 6 nitrogen and oxygen atoms in total. The lowest BCUT2D eigenvalue weighted by Crippen LogP contribution is -2.11. The summed E-state index contributed by atoms with van der Waals surface area (Å²) in [6.45, 7) is 0. The molecule has 0 fully saturated rings. The molecule has 0 unspecified atom stereocenters. The molecule has 2 N–H and O–H groups in total. The van der Waals surface area contributed by atoms with Gasteiger partial charge in [0.15, 0.2) is 0 Å². The van der Waals surface area contributed by atoms with E-state index in [4.69, 9.17) is 9.56 Å². The number of furan rings is 1. The Morgan fingerprint density at radius 1 is 1.26 bits per heavy atom. The van der Waals surface area contributed by atoms with E-state index in [1.54, 1.807) is 12.1 Å². The first-order valence-electron chi connectivity index (χ1n) is 5.23. The van der Waals surface area contributed by atoms with Crippen LogP contribution in [0, 0.1) is 0 Å². The SMILES string of the molecule is COC(=O)c1ccc(-c2cccc(S(N)(=O)=O)c2)o1. The first-order valence-corrected chi connectivity index (χ1v) is 6.78. The number of hydrogen-bond donors (Lipinski definition) is 1. The van der Waals surface area contributed by atoms with Gasteiger partial charge in [-0.3, -0.25) is 0 Å². The third-order valence-corrected chi connectivity index (χ3v) is 3.35. The van der Waals surface area contributed by atoms with Crippen LogP contribution in [-0.4, -0.2) is 21.5 Å². The van der Waals surface area contributed by atoms with E-state index in [0.29, 0.717) is 11.3 Å². The molecule has 2 rings (SSSR count). The summed E-state index contributed by atoms with van der Waals surface area (Å²) >= 11 is 0. The van der Waals surface area contributed by atoms with Gasteiger partial charge in [0.1, 0.15) is 5.76 Å². The van der Waals surface area contributed by atoms with Gasteiger partial charge in [-0.05, 0) is 24.3 Å². The van der Waals surface area contributed by atoms with Crippen molar-refractivity contribution in [1.82, 2.24) is 0 Å². The summed E-state index contributed by atoms with van der Waals surface area (Å²) in [5.74, 6) is -0.210. The van der Waals surface area contributed by atoms with Crippen LogP contribution in [0.4, 0.5) is 0 Å². The number of carbonyl (C=O) groups is 1. The first kappa shape index (κ1) is 13.3. The average molecular weight is 281 g/mol. The van der Waals surface area contributed by atoms with E-state index in [1.807, 2.05) is 0 Å². The molecule has 1 aromatic carbocycles. The number of esters is 1. The summed E-state index contributed by atoms with van der Waals surface area (Å²) < 4.78 is 32.3. The molecule has 0 saturated carbocycles. The number of sulfonamides is 1. The quantitative estimate of drug-likeness (QED) is 0.857. The highest BCUT2D eigenvalue weighted by Crippen LogP contribution is 2.24. The summed E-state index contributed by atoms with van der Waals surface area (Å²) in [5.41, 5.74) is 0.502. The topological polar surface area (TPSA) is 99.6 Å². The molecule has 0 aliphatic heterocycles. The largest absolute Gasteiger partial charge is 0.463 e. The Hall–Kier alpha value is -2.12. The van der Waals surface area contributed by atoms with Crippen LogP contribution >= 0.6 is 0 Å². The molecule has 19 heavy (non-hydrogen) atoms. The number of benzene rings is 1. The Bertz CT molecular complexity index is 717. The van der Waals surface area contributed by atoms with Crippen LogP contribution < -0.4 is 5.14 Å². The highest BCUT2D eigenvalue weighted by Gasteiger charge is 2.14. The van der Waals surface area contributed by atoms with Crippen molar-refractivity contribution in [2.24, 2.45) is 5.14 Å². The summed E-state index contributed by atoms with van der Waals surface area (Å²) in [4.78, 5) is 11.2. The van der Waals surface area contributed by atoms with Crippen molar-refractivity contribution in [2.45, 2.75) is 4.90 Å². The lowest BCUT2D eigenvalue weighted by Gasteiger charge is -2.01. The molecule has 0 aliphatic carbocycles. The van der Waals surface area contributed by atoms with Gasteiger partial charge in [0.25, 0.3) is 0 Å². The fourth-order valence-corrected chi connectivity index (χ4v) is 2.09. The maximum Gasteiger partial charge on any atom is 0.373 e. The van der Waals surface area contributed by atoms with E-state index < -0.39 is 16.0 Å². The number of carbonyl (C=O) groups excluding carboxylic acids is 1. The van der Waals surface area contributed by atoms with Crippen molar-refractivity contribution in [3.05, 3.63) is 42.2 Å². The predicted molar refractivity (Wildman–Crippen MR) is 66.9 cm³/mol. The zero-order valence-electron chi connectivity index (χ0n) is 9.99. The van der Waals surface area contributed by atoms with Crippen molar-refractivity contribution in [3.63, 3.8) is 0 Å². The van der Waals surface area contributed by atoms with Crippen molar-refractivity contribution in [3.8, 4) is 11.3 Å². The van der Waals surface area contributed by atoms with Gasteiger partial charge in [-0.2, -0.15) is 0 Å². The minimum absolute atomic E-state index is 0.0268. The monoisotopic (exact) mass is 281 g/mol. The fourth-order valence-electron chi connectivity index (χ4n) is 1.53. The van der Waals surface area contributed by atoms with E-state index >= 15 is 0 Å². The molecule has 0 atom stereocenters. The maximum absolute atomic E-state index is 11.3. The zero-order chi connectivity index (χ0) is 14.0. The van der Waals surface area contributed by atoms with Gasteiger partial charge in [0, 0.05) is 5.56 Å². The lowest BCUT2D eigenvalue weighted by molar-refractivity contribution is 0.0566. The molecular formula is C12H11NO5S. The number of primary sulfonamides is 1. The second-order valence-electron chi connectivity index (χ2n) is 3.73. The van der Waals surface area contributed by atoms with Gasteiger partial charge in [-0.15, -0.1) is 0 Å². The smallest absolute Gasteiger partial charge is 0.373 e. The standard InChI is InChI=1S/C12H11NO5S/c1-17-12(14)11-6-5-10(18-11)8-3-2-4-9(7-8)19(13,15)16/h2-7H,1H3,(H2,13,15,16). The number of hydrogen-bond acceptors (Lipinski definition) is 5. The van der Waals surface area contributed by atoms with Crippen LogP contribution in [-0.2, 0) is 14.8 Å². The van der Waals surface area contributed by atoms with Gasteiger partial charge in [-0.25, -0.2) is 18.4 Å². The number of rotatable bonds is 3. The van der Waals surface area contributed by atoms with Crippen molar-refractivity contribution in [2.75, 3.05) is 7.11 Å². The van der Waals surface area contributed by atoms with Crippen molar-refractivity contribution >= 4 is 16.0 Å². The van der Waals surface area contributed by atoms with Crippen LogP contribution in [0.25, 0.3) is 11.3 Å². The third-order valence-electron chi connectivity index (χ3n) is 2.44. The van der Waals surface area contributed by atoms with E-state index in [1.165, 1.54) is 31.4 Å². The summed E-state index contributed by atoms with van der Waals surface area (Å²) in [6, 6.07) is 8.93. The number of methoxy groups -OCH3 is 1. The van der Waals surface area contributed by atoms with Crippen molar-refractivity contribution in [1.29, 1.82) is 0 Å². The van der Waals surface area contributed by atoms with E-state index in [0.717, 1.165) is 0 Å². The second-order valence-corrected chi connectivity index (χ2v) is 5.29. The molecule has 0 saturated heterocycles. The van der Waals surface area contributed by atoms with E-state index in [9.17, 15) is 13.2 Å². The number of ether oxygens (including phenoxy) is 1. The van der Waals surface area contributed by atoms with E-state index in [-0.39, 0.29) is 10.7 Å². The molecule has 0 spiro atoms. The molecule has 1 heterocycles. The predicted octanol–water partition coefficient (Wildman–Crippen LogP) is 1.38. The molecule has 1 aromatic heterocycles. The van der Waals surface area contributed by atoms with Crippen LogP contribution in [0.2, 0.25) is 0 Å². The molecule has 0 aliphatic rings. The Kier molecular flexibility index (Phi) is 3.41. The van der Waals surface area contributed by atoms with Crippen LogP contribution in [0.1, 0.15) is 10.6 Å². The molecule has 7 heteroatoms. The molecule has 0 radical (unpaired) electrons. The molecular weight excluding hydrogens is 270 g/mol. The second kappa shape index (κ2) is 4.87. The van der Waals surface area contributed by atoms with Crippen LogP contribution in [0.3, 0.4) is 0 Å². The third kappa shape index (κ3) is 2.83. The summed E-state index contributed by atoms with van der Waals surface area (Å²) in [7, 11) is -2.54. The average Bonchev–Trinajstić information content (AvgIpc) is 2.86. The van der Waals surface area contributed by atoms with Gasteiger partial charge < -0.3 is 9.15 Å². The van der Waals surface area contributed by atoms with Gasteiger partial charge in [-0.1, -0.05) is 12.1 Å². The molecule has 0 amide bonds. The minimum Gasteiger partial charge on any atom is -0.463 e. The Balaban J connectivity index is 2.43. The number of nitrogens with two attached hydrogens (primary N) is 1. The Morgan fingerprint density at radius 3 is 2.63 bits per heavy atom. The Labute approximate surface area is 109 Å². The zero-order valence-corrected chi connectivity index (χ0v) is 10.8. The highest BCUT2D eigenvalue weighted by molar-refractivity contribution is 7.89. The fraction of sp³-hybridized carbons (Fsp3) is 0.0833. The molecule has 100 valence electrons. The van der Waals surface area contributed by atoms with E-state index in [2.05, 4.69) is 4.74 Å².